The van der Waals surface area contributed by atoms with E-state index in [2.05, 4.69) is 12.1 Å². The maximum absolute atomic E-state index is 13.3. The van der Waals surface area contributed by atoms with E-state index in [9.17, 15) is 15.3 Å². The van der Waals surface area contributed by atoms with Gasteiger partial charge in [0.05, 0.1) is 10.2 Å². The van der Waals surface area contributed by atoms with Crippen LogP contribution in [0.2, 0.25) is 0 Å². The van der Waals surface area contributed by atoms with E-state index in [1.807, 2.05) is 70.2 Å². The Morgan fingerprint density at radius 3 is 2.18 bits per heavy atom. The van der Waals surface area contributed by atoms with Gasteiger partial charge < -0.3 is 0 Å². The number of hydrogen-bond donors (Lipinski definition) is 0. The van der Waals surface area contributed by atoms with Crippen LogP contribution in [0, 0.1) is 50.4 Å². The fraction of sp³-hybridized carbons (Fsp3) is 0.174. The predicted molar refractivity (Wildman–Crippen MR) is 113 cm³/mol. The summed E-state index contributed by atoms with van der Waals surface area (Å²) in [6, 6.07) is 15.5. The van der Waals surface area contributed by atoms with Crippen LogP contribution in [0.5, 0.6) is 0 Å². The third-order valence-electron chi connectivity index (χ3n) is 4.63. The number of rotatable bonds is 2. The van der Waals surface area contributed by atoms with Crippen LogP contribution in [0.15, 0.2) is 41.2 Å². The molecule has 0 atom stereocenters. The van der Waals surface area contributed by atoms with Crippen LogP contribution in [-0.2, 0) is 0 Å². The summed E-state index contributed by atoms with van der Waals surface area (Å²) in [6.45, 7) is 7.98. The van der Waals surface area contributed by atoms with E-state index >= 15 is 0 Å². The Kier molecular flexibility index (Phi) is 5.31. The molecule has 0 aliphatic carbocycles. The summed E-state index contributed by atoms with van der Waals surface area (Å²) in [5.74, 6) is 0. The molecule has 0 bridgehead atoms. The summed E-state index contributed by atoms with van der Waals surface area (Å²) in [5, 5.41) is 18.8. The lowest BCUT2D eigenvalue weighted by Crippen LogP contribution is -2.31. The maximum Gasteiger partial charge on any atom is 0.273 e. The van der Waals surface area contributed by atoms with Crippen molar-refractivity contribution in [1.82, 2.24) is 4.57 Å². The van der Waals surface area contributed by atoms with Crippen molar-refractivity contribution in [3.8, 4) is 17.8 Å². The van der Waals surface area contributed by atoms with Gasteiger partial charge in [0.15, 0.2) is 5.57 Å². The second-order valence-electron chi connectivity index (χ2n) is 6.75. The number of para-hydroxylation sites is 1. The molecule has 1 heterocycles. The molecule has 28 heavy (non-hydrogen) atoms. The largest absolute Gasteiger partial charge is 0.273 e. The molecule has 2 aromatic carbocycles. The molecule has 0 saturated carbocycles. The summed E-state index contributed by atoms with van der Waals surface area (Å²) in [7, 11) is 0. The van der Waals surface area contributed by atoms with E-state index in [1.54, 1.807) is 0 Å². The number of nitriles is 2. The third kappa shape index (κ3) is 3.41. The average molecular weight is 385 g/mol. The summed E-state index contributed by atoms with van der Waals surface area (Å²) >= 11 is 1.18. The highest BCUT2D eigenvalue weighted by molar-refractivity contribution is 7.07. The smallest absolute Gasteiger partial charge is 0.267 e. The Morgan fingerprint density at radius 2 is 1.61 bits per heavy atom. The fourth-order valence-electron chi connectivity index (χ4n) is 3.35. The average Bonchev–Trinajstić information content (AvgIpc) is 2.96. The van der Waals surface area contributed by atoms with Gasteiger partial charge in [-0.3, -0.25) is 9.36 Å². The van der Waals surface area contributed by atoms with Gasteiger partial charge in [-0.2, -0.15) is 10.5 Å². The van der Waals surface area contributed by atoms with Gasteiger partial charge in [0.2, 0.25) is 0 Å². The van der Waals surface area contributed by atoms with Gasteiger partial charge in [0.25, 0.3) is 5.56 Å². The first-order valence-corrected chi connectivity index (χ1v) is 9.61. The molecule has 0 N–H and O–H groups in total. The number of hydrogen-bond acceptors (Lipinski definition) is 4. The van der Waals surface area contributed by atoms with E-state index in [0.29, 0.717) is 14.9 Å². The Morgan fingerprint density at radius 1 is 1.00 bits per heavy atom. The minimum absolute atomic E-state index is 0.0673. The molecule has 5 heteroatoms. The first-order chi connectivity index (χ1) is 13.4. The lowest BCUT2D eigenvalue weighted by molar-refractivity contribution is 0.975. The van der Waals surface area contributed by atoms with E-state index in [1.165, 1.54) is 21.5 Å². The topological polar surface area (TPSA) is 69.6 Å². The summed E-state index contributed by atoms with van der Waals surface area (Å²) in [5.41, 5.74) is 5.60. The molecule has 1 aromatic heterocycles. The summed E-state index contributed by atoms with van der Waals surface area (Å²) in [6.07, 6.45) is 1.86. The molecule has 0 saturated heterocycles. The highest BCUT2D eigenvalue weighted by atomic mass is 32.1. The zero-order chi connectivity index (χ0) is 20.4. The highest BCUT2D eigenvalue weighted by Gasteiger charge is 2.13. The van der Waals surface area contributed by atoms with Gasteiger partial charge >= 0.3 is 0 Å². The van der Waals surface area contributed by atoms with Gasteiger partial charge in [-0.15, -0.1) is 11.3 Å². The van der Waals surface area contributed by atoms with Gasteiger partial charge in [-0.05, 0) is 62.1 Å². The predicted octanol–water partition coefficient (Wildman–Crippen LogP) is 3.16. The number of thiazole rings is 1. The van der Waals surface area contributed by atoms with Gasteiger partial charge in [-0.1, -0.05) is 35.9 Å². The molecule has 0 amide bonds. The van der Waals surface area contributed by atoms with Gasteiger partial charge in [0, 0.05) is 0 Å². The minimum Gasteiger partial charge on any atom is -0.267 e. The molecule has 3 aromatic rings. The van der Waals surface area contributed by atoms with Crippen LogP contribution in [0.3, 0.4) is 0 Å². The second kappa shape index (κ2) is 7.68. The monoisotopic (exact) mass is 385 g/mol. The zero-order valence-corrected chi connectivity index (χ0v) is 17.0. The zero-order valence-electron chi connectivity index (χ0n) is 16.2. The van der Waals surface area contributed by atoms with Crippen LogP contribution >= 0.6 is 11.3 Å². The number of nitrogens with zero attached hydrogens (tertiary/aromatic N) is 3. The van der Waals surface area contributed by atoms with Crippen LogP contribution in [-0.4, -0.2) is 4.57 Å². The molecule has 4 nitrogen and oxygen atoms in total. The number of aryl methyl sites for hydroxylation is 4. The van der Waals surface area contributed by atoms with Crippen LogP contribution in [0.4, 0.5) is 0 Å². The molecular formula is C23H19N3OS. The molecule has 0 radical (unpaired) electrons. The lowest BCUT2D eigenvalue weighted by atomic mass is 10.00. The van der Waals surface area contributed by atoms with Crippen molar-refractivity contribution in [1.29, 1.82) is 10.5 Å². The molecule has 0 aliphatic heterocycles. The molecule has 3 rings (SSSR count). The van der Waals surface area contributed by atoms with Crippen molar-refractivity contribution in [3.05, 3.63) is 83.8 Å². The summed E-state index contributed by atoms with van der Waals surface area (Å²) < 4.78 is 2.33. The lowest BCUT2D eigenvalue weighted by Gasteiger charge is -2.06. The van der Waals surface area contributed by atoms with E-state index < -0.39 is 0 Å². The fourth-order valence-corrected chi connectivity index (χ4v) is 4.38. The number of benzene rings is 2. The second-order valence-corrected chi connectivity index (χ2v) is 7.78. The highest BCUT2D eigenvalue weighted by Crippen LogP contribution is 2.17. The standard InChI is InChI=1S/C23H19N3OS/c1-14-9-16(3)19(17(4)10-14)11-21-22(27)26(20-8-6-5-7-15(20)2)23(28-21)18(12-24)13-25/h5-11H,1-4H3/b21-11-. The van der Waals surface area contributed by atoms with Crippen LogP contribution < -0.4 is 14.8 Å². The Labute approximate surface area is 167 Å². The van der Waals surface area contributed by atoms with Crippen LogP contribution in [0.25, 0.3) is 17.3 Å². The summed E-state index contributed by atoms with van der Waals surface area (Å²) in [4.78, 5) is 13.3. The van der Waals surface area contributed by atoms with Crippen molar-refractivity contribution in [2.75, 3.05) is 0 Å². The molecule has 0 unspecified atom stereocenters. The van der Waals surface area contributed by atoms with Crippen molar-refractivity contribution in [3.63, 3.8) is 0 Å². The third-order valence-corrected chi connectivity index (χ3v) is 5.72. The van der Waals surface area contributed by atoms with Crippen molar-refractivity contribution < 1.29 is 0 Å². The molecule has 0 fully saturated rings. The first-order valence-electron chi connectivity index (χ1n) is 8.79. The van der Waals surface area contributed by atoms with Crippen molar-refractivity contribution >= 4 is 23.0 Å². The van der Waals surface area contributed by atoms with Crippen molar-refractivity contribution in [2.24, 2.45) is 0 Å². The maximum atomic E-state index is 13.3. The molecule has 0 spiro atoms. The molecular weight excluding hydrogens is 366 g/mol. The van der Waals surface area contributed by atoms with Crippen molar-refractivity contribution in [2.45, 2.75) is 27.7 Å². The van der Waals surface area contributed by atoms with E-state index in [0.717, 1.165) is 22.3 Å². The van der Waals surface area contributed by atoms with E-state index in [4.69, 9.17) is 0 Å². The van der Waals surface area contributed by atoms with Gasteiger partial charge in [0.1, 0.15) is 16.8 Å². The first kappa shape index (κ1) is 19.4. The Balaban J connectivity index is 2.47. The normalized spacial score (nSPS) is 11.1. The van der Waals surface area contributed by atoms with Crippen LogP contribution in [0.1, 0.15) is 27.8 Å². The molecule has 138 valence electrons. The quantitative estimate of drug-likeness (QED) is 0.680. The van der Waals surface area contributed by atoms with E-state index in [-0.39, 0.29) is 11.1 Å². The van der Waals surface area contributed by atoms with Gasteiger partial charge in [-0.25, -0.2) is 0 Å². The molecule has 0 aliphatic rings. The minimum atomic E-state index is -0.225. The Hall–Kier alpha value is -3.41. The Bertz CT molecular complexity index is 1310. The SMILES string of the molecule is Cc1cc(C)c(/C=c2\sc(=C(C#N)C#N)n(-c3ccccc3C)c2=O)c(C)c1. The number of aromatic nitrogens is 1.